The monoisotopic (exact) mass is 338 g/mol. The number of aromatic nitrogens is 2. The molecule has 0 aliphatic heterocycles. The Morgan fingerprint density at radius 2 is 1.27 bits per heavy atom. The van der Waals surface area contributed by atoms with Crippen LogP contribution >= 0.6 is 0 Å². The third-order valence-electron chi connectivity index (χ3n) is 4.21. The fourth-order valence-corrected chi connectivity index (χ4v) is 2.89. The molecule has 0 aliphatic carbocycles. The molecule has 4 rings (SSSR count). The van der Waals surface area contributed by atoms with Crippen LogP contribution in [0.5, 0.6) is 5.88 Å². The average molecular weight is 338 g/mol. The molecule has 2 aromatic carbocycles. The van der Waals surface area contributed by atoms with E-state index in [1.807, 2.05) is 42.7 Å². The highest BCUT2D eigenvalue weighted by molar-refractivity contribution is 5.83. The average Bonchev–Trinajstić information content (AvgIpc) is 2.74. The number of ether oxygens (including phenoxy) is 1. The minimum atomic E-state index is 0.503. The van der Waals surface area contributed by atoms with Gasteiger partial charge in [-0.2, -0.15) is 0 Å². The van der Waals surface area contributed by atoms with Gasteiger partial charge in [0.05, 0.1) is 0 Å². The van der Waals surface area contributed by atoms with E-state index in [4.69, 9.17) is 4.74 Å². The summed E-state index contributed by atoms with van der Waals surface area (Å²) in [6.45, 7) is 0.503. The first kappa shape index (κ1) is 16.0. The molecule has 0 saturated heterocycles. The van der Waals surface area contributed by atoms with Gasteiger partial charge in [-0.15, -0.1) is 0 Å². The van der Waals surface area contributed by atoms with Gasteiger partial charge in [-0.3, -0.25) is 4.98 Å². The Labute approximate surface area is 153 Å². The number of benzene rings is 2. The van der Waals surface area contributed by atoms with E-state index in [1.54, 1.807) is 6.20 Å². The van der Waals surface area contributed by atoms with Gasteiger partial charge in [0, 0.05) is 24.7 Å². The molecule has 0 spiro atoms. The Balaban J connectivity index is 1.56. The smallest absolute Gasteiger partial charge is 0.213 e. The minimum absolute atomic E-state index is 0.503. The quantitative estimate of drug-likeness (QED) is 0.489. The standard InChI is InChI=1S/C23H18N2O/c1-2-6-22(20-12-15-24-16-13-20)21(5-1)19-10-8-18(9-11-19)17-26-23-7-3-4-14-25-23/h1-16H,17H2. The Hall–Kier alpha value is -3.46. The van der Waals surface area contributed by atoms with Crippen LogP contribution in [0.4, 0.5) is 0 Å². The van der Waals surface area contributed by atoms with E-state index in [1.165, 1.54) is 16.7 Å². The van der Waals surface area contributed by atoms with Crippen LogP contribution in [0.25, 0.3) is 22.3 Å². The van der Waals surface area contributed by atoms with Crippen molar-refractivity contribution < 1.29 is 4.74 Å². The molecule has 2 aromatic heterocycles. The molecular weight excluding hydrogens is 320 g/mol. The summed E-state index contributed by atoms with van der Waals surface area (Å²) in [6.07, 6.45) is 5.38. The molecule has 0 atom stereocenters. The first-order valence-corrected chi connectivity index (χ1v) is 8.53. The van der Waals surface area contributed by atoms with Gasteiger partial charge >= 0.3 is 0 Å². The summed E-state index contributed by atoms with van der Waals surface area (Å²) >= 11 is 0. The zero-order chi connectivity index (χ0) is 17.6. The van der Waals surface area contributed by atoms with Crippen LogP contribution < -0.4 is 4.74 Å². The van der Waals surface area contributed by atoms with Crippen molar-refractivity contribution in [3.05, 3.63) is 103 Å². The Bertz CT molecular complexity index is 968. The zero-order valence-corrected chi connectivity index (χ0v) is 14.2. The number of pyridine rings is 2. The first-order chi connectivity index (χ1) is 12.9. The second-order valence-electron chi connectivity index (χ2n) is 5.94. The molecule has 0 aliphatic rings. The highest BCUT2D eigenvalue weighted by atomic mass is 16.5. The van der Waals surface area contributed by atoms with Gasteiger partial charge in [0.1, 0.15) is 6.61 Å². The number of hydrogen-bond donors (Lipinski definition) is 0. The summed E-state index contributed by atoms with van der Waals surface area (Å²) in [4.78, 5) is 8.29. The fraction of sp³-hybridized carbons (Fsp3) is 0.0435. The molecule has 3 nitrogen and oxygen atoms in total. The summed E-state index contributed by atoms with van der Waals surface area (Å²) in [5, 5.41) is 0. The van der Waals surface area contributed by atoms with Gasteiger partial charge in [0.25, 0.3) is 0 Å². The first-order valence-electron chi connectivity index (χ1n) is 8.53. The maximum atomic E-state index is 5.71. The molecule has 0 radical (unpaired) electrons. The van der Waals surface area contributed by atoms with E-state index in [-0.39, 0.29) is 0 Å². The van der Waals surface area contributed by atoms with Crippen molar-refractivity contribution in [1.82, 2.24) is 9.97 Å². The molecule has 126 valence electrons. The van der Waals surface area contributed by atoms with E-state index >= 15 is 0 Å². The molecule has 4 aromatic rings. The molecular formula is C23H18N2O. The van der Waals surface area contributed by atoms with Crippen LogP contribution in [0, 0.1) is 0 Å². The van der Waals surface area contributed by atoms with Gasteiger partial charge in [-0.1, -0.05) is 54.6 Å². The van der Waals surface area contributed by atoms with Crippen LogP contribution in [-0.2, 0) is 6.61 Å². The van der Waals surface area contributed by atoms with Crippen molar-refractivity contribution in [3.63, 3.8) is 0 Å². The summed E-state index contributed by atoms with van der Waals surface area (Å²) < 4.78 is 5.71. The lowest BCUT2D eigenvalue weighted by atomic mass is 9.95. The van der Waals surface area contributed by atoms with Gasteiger partial charge in [0.15, 0.2) is 0 Å². The molecule has 26 heavy (non-hydrogen) atoms. The highest BCUT2D eigenvalue weighted by Gasteiger charge is 2.07. The normalized spacial score (nSPS) is 10.5. The molecule has 0 amide bonds. The number of hydrogen-bond acceptors (Lipinski definition) is 3. The van der Waals surface area contributed by atoms with Crippen LogP contribution in [-0.4, -0.2) is 9.97 Å². The van der Waals surface area contributed by atoms with Crippen molar-refractivity contribution in [2.45, 2.75) is 6.61 Å². The SMILES string of the molecule is c1ccc(OCc2ccc(-c3ccccc3-c3ccncc3)cc2)nc1. The topological polar surface area (TPSA) is 35.0 Å². The third kappa shape index (κ3) is 3.62. The zero-order valence-electron chi connectivity index (χ0n) is 14.2. The van der Waals surface area contributed by atoms with E-state index in [0.717, 1.165) is 11.1 Å². The lowest BCUT2D eigenvalue weighted by molar-refractivity contribution is 0.294. The Morgan fingerprint density at radius 3 is 1.92 bits per heavy atom. The molecule has 0 fully saturated rings. The van der Waals surface area contributed by atoms with Crippen LogP contribution in [0.1, 0.15) is 5.56 Å². The predicted octanol–water partition coefficient (Wildman–Crippen LogP) is 5.39. The van der Waals surface area contributed by atoms with Crippen molar-refractivity contribution in [1.29, 1.82) is 0 Å². The van der Waals surface area contributed by atoms with Gasteiger partial charge in [0.2, 0.25) is 5.88 Å². The molecule has 0 bridgehead atoms. The summed E-state index contributed by atoms with van der Waals surface area (Å²) in [7, 11) is 0. The van der Waals surface area contributed by atoms with E-state index in [0.29, 0.717) is 12.5 Å². The second-order valence-corrected chi connectivity index (χ2v) is 5.94. The van der Waals surface area contributed by atoms with Crippen molar-refractivity contribution in [3.8, 4) is 28.1 Å². The second kappa shape index (κ2) is 7.62. The van der Waals surface area contributed by atoms with E-state index in [9.17, 15) is 0 Å². The molecule has 2 heterocycles. The van der Waals surface area contributed by atoms with Gasteiger partial charge < -0.3 is 4.74 Å². The van der Waals surface area contributed by atoms with Crippen molar-refractivity contribution in [2.24, 2.45) is 0 Å². The molecule has 0 saturated carbocycles. The summed E-state index contributed by atoms with van der Waals surface area (Å²) in [6, 6.07) is 26.6. The highest BCUT2D eigenvalue weighted by Crippen LogP contribution is 2.31. The lowest BCUT2D eigenvalue weighted by Crippen LogP contribution is -1.96. The van der Waals surface area contributed by atoms with Crippen molar-refractivity contribution >= 4 is 0 Å². The number of rotatable bonds is 5. The lowest BCUT2D eigenvalue weighted by Gasteiger charge is -2.11. The molecule has 3 heteroatoms. The van der Waals surface area contributed by atoms with Crippen LogP contribution in [0.3, 0.4) is 0 Å². The van der Waals surface area contributed by atoms with Gasteiger partial charge in [-0.05, 0) is 46.0 Å². The largest absolute Gasteiger partial charge is 0.473 e. The molecule has 0 N–H and O–H groups in total. The third-order valence-corrected chi connectivity index (χ3v) is 4.21. The van der Waals surface area contributed by atoms with Gasteiger partial charge in [-0.25, -0.2) is 4.98 Å². The Morgan fingerprint density at radius 1 is 0.615 bits per heavy atom. The maximum Gasteiger partial charge on any atom is 0.213 e. The summed E-state index contributed by atoms with van der Waals surface area (Å²) in [5.41, 5.74) is 5.86. The van der Waals surface area contributed by atoms with E-state index in [2.05, 4.69) is 58.5 Å². The van der Waals surface area contributed by atoms with Crippen molar-refractivity contribution in [2.75, 3.05) is 0 Å². The fourth-order valence-electron chi connectivity index (χ4n) is 2.89. The Kier molecular flexibility index (Phi) is 4.70. The minimum Gasteiger partial charge on any atom is -0.473 e. The maximum absolute atomic E-state index is 5.71. The number of nitrogens with zero attached hydrogens (tertiary/aromatic N) is 2. The summed E-state index contributed by atoms with van der Waals surface area (Å²) in [5.74, 6) is 0.639. The molecule has 0 unspecified atom stereocenters. The van der Waals surface area contributed by atoms with Crippen LogP contribution in [0.2, 0.25) is 0 Å². The van der Waals surface area contributed by atoms with E-state index < -0.39 is 0 Å². The predicted molar refractivity (Wildman–Crippen MR) is 104 cm³/mol. The van der Waals surface area contributed by atoms with Crippen LogP contribution in [0.15, 0.2) is 97.5 Å².